The maximum Gasteiger partial charge on any atom is 0.238 e. The van der Waals surface area contributed by atoms with Gasteiger partial charge in [-0.1, -0.05) is 23.7 Å². The predicted molar refractivity (Wildman–Crippen MR) is 86.7 cm³/mol. The van der Waals surface area contributed by atoms with Gasteiger partial charge in [0.1, 0.15) is 5.54 Å². The van der Waals surface area contributed by atoms with E-state index in [0.29, 0.717) is 0 Å². The molecule has 1 fully saturated rings. The molecule has 1 amide bonds. The highest BCUT2D eigenvalue weighted by Crippen LogP contribution is 2.28. The van der Waals surface area contributed by atoms with Gasteiger partial charge in [0.05, 0.1) is 27.3 Å². The number of nitrogens with one attached hydrogen (secondary N) is 2. The Morgan fingerprint density at radius 3 is 2.70 bits per heavy atom. The molecule has 1 saturated heterocycles. The molecule has 1 aromatic rings. The van der Waals surface area contributed by atoms with E-state index in [4.69, 9.17) is 16.9 Å². The Balaban J connectivity index is 2.13. The second-order valence-electron chi connectivity index (χ2n) is 6.02. The standard InChI is InChI=1S/C15H18ClN3O3S/c1-15(2,9-17)19-14(20)12-7-10(8-18-12)23(21,22)13-6-4-3-5-11(13)16/h3-6,10,12,18H,7-8H2,1-2H3,(H,19,20)/t10-,12+/m1/s1. The van der Waals surface area contributed by atoms with Crippen molar-refractivity contribution in [1.29, 1.82) is 5.26 Å². The number of nitriles is 1. The third kappa shape index (κ3) is 3.83. The van der Waals surface area contributed by atoms with E-state index in [1.54, 1.807) is 26.0 Å². The fourth-order valence-electron chi connectivity index (χ4n) is 2.42. The van der Waals surface area contributed by atoms with E-state index in [2.05, 4.69) is 10.6 Å². The fraction of sp³-hybridized carbons (Fsp3) is 0.467. The molecule has 0 radical (unpaired) electrons. The molecule has 0 aliphatic carbocycles. The van der Waals surface area contributed by atoms with Crippen molar-refractivity contribution in [2.24, 2.45) is 0 Å². The molecule has 6 nitrogen and oxygen atoms in total. The number of carbonyl (C=O) groups is 1. The van der Waals surface area contributed by atoms with Crippen molar-refractivity contribution >= 4 is 27.3 Å². The number of hydrogen-bond acceptors (Lipinski definition) is 5. The lowest BCUT2D eigenvalue weighted by atomic mass is 10.1. The predicted octanol–water partition coefficient (Wildman–Crippen LogP) is 1.26. The fourth-order valence-corrected chi connectivity index (χ4v) is 4.60. The number of benzene rings is 1. The van der Waals surface area contributed by atoms with Crippen LogP contribution in [0.4, 0.5) is 0 Å². The molecule has 2 atom stereocenters. The molecule has 0 spiro atoms. The van der Waals surface area contributed by atoms with Gasteiger partial charge in [0, 0.05) is 6.54 Å². The summed E-state index contributed by atoms with van der Waals surface area (Å²) in [7, 11) is -3.62. The Hall–Kier alpha value is -1.62. The average molecular weight is 356 g/mol. The highest BCUT2D eigenvalue weighted by Gasteiger charge is 2.39. The first-order chi connectivity index (χ1) is 10.7. The third-order valence-electron chi connectivity index (χ3n) is 3.70. The van der Waals surface area contributed by atoms with E-state index in [0.717, 1.165) is 0 Å². The van der Waals surface area contributed by atoms with E-state index in [1.807, 2.05) is 6.07 Å². The number of carbonyl (C=O) groups excluding carboxylic acids is 1. The molecule has 23 heavy (non-hydrogen) atoms. The molecule has 1 aromatic carbocycles. The van der Waals surface area contributed by atoms with Crippen LogP contribution < -0.4 is 10.6 Å². The second kappa shape index (κ2) is 6.48. The number of nitrogens with zero attached hydrogens (tertiary/aromatic N) is 1. The summed E-state index contributed by atoms with van der Waals surface area (Å²) in [4.78, 5) is 12.2. The number of halogens is 1. The zero-order valence-corrected chi connectivity index (χ0v) is 14.4. The van der Waals surface area contributed by atoms with Gasteiger partial charge in [-0.25, -0.2) is 8.42 Å². The monoisotopic (exact) mass is 355 g/mol. The van der Waals surface area contributed by atoms with Crippen LogP contribution in [0.1, 0.15) is 20.3 Å². The van der Waals surface area contributed by atoms with Gasteiger partial charge in [-0.05, 0) is 32.4 Å². The van der Waals surface area contributed by atoms with E-state index in [-0.39, 0.29) is 28.8 Å². The van der Waals surface area contributed by atoms with Gasteiger partial charge in [-0.2, -0.15) is 5.26 Å². The SMILES string of the molecule is CC(C)(C#N)NC(=O)[C@@H]1C[C@@H](S(=O)(=O)c2ccccc2Cl)CN1. The molecule has 0 saturated carbocycles. The Kier molecular flexibility index (Phi) is 4.99. The molecule has 1 aliphatic rings. The van der Waals surface area contributed by atoms with Gasteiger partial charge in [-0.3, -0.25) is 4.79 Å². The largest absolute Gasteiger partial charge is 0.337 e. The zero-order chi connectivity index (χ0) is 17.3. The smallest absolute Gasteiger partial charge is 0.238 e. The zero-order valence-electron chi connectivity index (χ0n) is 12.8. The normalized spacial score (nSPS) is 21.7. The molecule has 0 aromatic heterocycles. The first kappa shape index (κ1) is 17.7. The Labute approximate surface area is 140 Å². The number of hydrogen-bond donors (Lipinski definition) is 2. The summed E-state index contributed by atoms with van der Waals surface area (Å²) in [6.07, 6.45) is 0.140. The van der Waals surface area contributed by atoms with Crippen LogP contribution in [0, 0.1) is 11.3 Å². The summed E-state index contributed by atoms with van der Waals surface area (Å²) in [5, 5.41) is 13.9. The summed E-state index contributed by atoms with van der Waals surface area (Å²) in [5.41, 5.74) is -1.00. The minimum atomic E-state index is -3.62. The molecule has 0 bridgehead atoms. The molecule has 124 valence electrons. The topological polar surface area (TPSA) is 99.1 Å². The van der Waals surface area contributed by atoms with Gasteiger partial charge in [-0.15, -0.1) is 0 Å². The third-order valence-corrected chi connectivity index (χ3v) is 6.35. The van der Waals surface area contributed by atoms with Crippen LogP contribution in [0.2, 0.25) is 5.02 Å². The van der Waals surface area contributed by atoms with Crippen molar-refractivity contribution in [1.82, 2.24) is 10.6 Å². The van der Waals surface area contributed by atoms with Crippen molar-refractivity contribution in [2.45, 2.75) is 42.0 Å². The highest BCUT2D eigenvalue weighted by atomic mass is 35.5. The van der Waals surface area contributed by atoms with Crippen molar-refractivity contribution < 1.29 is 13.2 Å². The molecular formula is C15H18ClN3O3S. The maximum atomic E-state index is 12.7. The van der Waals surface area contributed by atoms with Crippen LogP contribution in [0.3, 0.4) is 0 Å². The quantitative estimate of drug-likeness (QED) is 0.847. The van der Waals surface area contributed by atoms with Crippen LogP contribution in [-0.4, -0.2) is 37.7 Å². The molecule has 2 N–H and O–H groups in total. The van der Waals surface area contributed by atoms with Crippen LogP contribution in [0.25, 0.3) is 0 Å². The summed E-state index contributed by atoms with van der Waals surface area (Å²) in [6, 6.07) is 7.59. The lowest BCUT2D eigenvalue weighted by Gasteiger charge is -2.20. The number of amides is 1. The highest BCUT2D eigenvalue weighted by molar-refractivity contribution is 7.92. The summed E-state index contributed by atoms with van der Waals surface area (Å²) in [5.74, 6) is -0.381. The second-order valence-corrected chi connectivity index (χ2v) is 8.62. The lowest BCUT2D eigenvalue weighted by molar-refractivity contribution is -0.123. The van der Waals surface area contributed by atoms with Gasteiger partial charge in [0.2, 0.25) is 5.91 Å². The van der Waals surface area contributed by atoms with Crippen LogP contribution >= 0.6 is 11.6 Å². The Bertz CT molecular complexity index is 755. The molecule has 8 heteroatoms. The van der Waals surface area contributed by atoms with Crippen LogP contribution in [0.15, 0.2) is 29.2 Å². The van der Waals surface area contributed by atoms with Crippen LogP contribution in [-0.2, 0) is 14.6 Å². The van der Waals surface area contributed by atoms with Gasteiger partial charge < -0.3 is 10.6 Å². The molecule has 2 rings (SSSR count). The summed E-state index contributed by atoms with van der Waals surface area (Å²) >= 11 is 5.98. The van der Waals surface area contributed by atoms with E-state index in [1.165, 1.54) is 12.1 Å². The number of sulfone groups is 1. The first-order valence-electron chi connectivity index (χ1n) is 7.12. The minimum Gasteiger partial charge on any atom is -0.337 e. The lowest BCUT2D eigenvalue weighted by Crippen LogP contribution is -2.49. The molecular weight excluding hydrogens is 338 g/mol. The minimum absolute atomic E-state index is 0.0758. The molecule has 1 heterocycles. The van der Waals surface area contributed by atoms with Crippen molar-refractivity contribution in [3.8, 4) is 6.07 Å². The average Bonchev–Trinajstić information content (AvgIpc) is 2.98. The summed E-state index contributed by atoms with van der Waals surface area (Å²) in [6.45, 7) is 3.33. The van der Waals surface area contributed by atoms with Gasteiger partial charge in [0.15, 0.2) is 9.84 Å². The Morgan fingerprint density at radius 1 is 1.43 bits per heavy atom. The van der Waals surface area contributed by atoms with Crippen molar-refractivity contribution in [2.75, 3.05) is 6.54 Å². The van der Waals surface area contributed by atoms with E-state index in [9.17, 15) is 13.2 Å². The van der Waals surface area contributed by atoms with E-state index < -0.39 is 26.7 Å². The summed E-state index contributed by atoms with van der Waals surface area (Å²) < 4.78 is 25.3. The maximum absolute atomic E-state index is 12.7. The Morgan fingerprint density at radius 2 is 2.09 bits per heavy atom. The van der Waals surface area contributed by atoms with E-state index >= 15 is 0 Å². The first-order valence-corrected chi connectivity index (χ1v) is 9.05. The molecule has 0 unspecified atom stereocenters. The van der Waals surface area contributed by atoms with Crippen molar-refractivity contribution in [3.05, 3.63) is 29.3 Å². The van der Waals surface area contributed by atoms with Gasteiger partial charge in [0.25, 0.3) is 0 Å². The number of rotatable bonds is 4. The van der Waals surface area contributed by atoms with Gasteiger partial charge >= 0.3 is 0 Å². The van der Waals surface area contributed by atoms with Crippen LogP contribution in [0.5, 0.6) is 0 Å². The molecule has 1 aliphatic heterocycles. The van der Waals surface area contributed by atoms with Crippen molar-refractivity contribution in [3.63, 3.8) is 0 Å².